The third-order valence-corrected chi connectivity index (χ3v) is 6.11. The van der Waals surface area contributed by atoms with Gasteiger partial charge in [-0.15, -0.1) is 11.3 Å². The maximum Gasteiger partial charge on any atom is 0.0900 e. The molecule has 4 rings (SSSR count). The van der Waals surface area contributed by atoms with E-state index in [9.17, 15) is 0 Å². The molecule has 4 heteroatoms. The lowest BCUT2D eigenvalue weighted by molar-refractivity contribution is 0.306. The van der Waals surface area contributed by atoms with Crippen LogP contribution in [0, 0.1) is 12.8 Å². The van der Waals surface area contributed by atoms with Crippen molar-refractivity contribution in [3.8, 4) is 0 Å². The highest BCUT2D eigenvalue weighted by molar-refractivity contribution is 7.11. The Bertz CT molecular complexity index is 480. The number of likely N-dealkylation sites (tertiary alicyclic amines) is 1. The van der Waals surface area contributed by atoms with Gasteiger partial charge in [0.05, 0.1) is 10.7 Å². The first-order valence-corrected chi connectivity index (χ1v) is 9.04. The van der Waals surface area contributed by atoms with Crippen molar-refractivity contribution >= 4 is 11.3 Å². The quantitative estimate of drug-likeness (QED) is 0.924. The molecule has 0 spiro atoms. The molecule has 1 N–H and O–H groups in total. The molecule has 2 unspecified atom stereocenters. The molecule has 110 valence electrons. The number of nitrogens with zero attached hydrogens (tertiary/aromatic N) is 2. The van der Waals surface area contributed by atoms with Crippen LogP contribution in [0.1, 0.15) is 53.7 Å². The number of nitrogens with one attached hydrogen (secondary N) is 1. The molecule has 1 saturated heterocycles. The summed E-state index contributed by atoms with van der Waals surface area (Å²) in [4.78, 5) is 8.92. The van der Waals surface area contributed by atoms with Gasteiger partial charge >= 0.3 is 0 Å². The summed E-state index contributed by atoms with van der Waals surface area (Å²) in [6.07, 6.45) is 8.06. The number of fused-ring (bicyclic) bond motifs is 1. The number of hydrogen-bond donors (Lipinski definition) is 1. The minimum absolute atomic E-state index is 0.579. The molecule has 3 aliphatic rings. The molecule has 3 nitrogen and oxygen atoms in total. The molecular weight excluding hydrogens is 266 g/mol. The van der Waals surface area contributed by atoms with Crippen LogP contribution < -0.4 is 5.32 Å². The van der Waals surface area contributed by atoms with Crippen molar-refractivity contribution in [2.24, 2.45) is 5.92 Å². The zero-order valence-electron chi connectivity index (χ0n) is 12.4. The number of aromatic nitrogens is 1. The molecule has 0 aromatic carbocycles. The molecule has 2 aliphatic carbocycles. The Hall–Kier alpha value is -0.450. The van der Waals surface area contributed by atoms with E-state index in [1.165, 1.54) is 73.7 Å². The van der Waals surface area contributed by atoms with Crippen LogP contribution in [0.5, 0.6) is 0 Å². The van der Waals surface area contributed by atoms with E-state index in [0.717, 1.165) is 5.92 Å². The summed E-state index contributed by atoms with van der Waals surface area (Å²) in [5.41, 5.74) is 1.38. The van der Waals surface area contributed by atoms with Crippen molar-refractivity contribution in [2.75, 3.05) is 19.6 Å². The van der Waals surface area contributed by atoms with Gasteiger partial charge in [0.15, 0.2) is 0 Å². The molecule has 1 aromatic rings. The SMILES string of the molecule is Cc1nc2c(s1)C(NC1CCN(CC3CC3)C1)CCC2. The van der Waals surface area contributed by atoms with Crippen LogP contribution in [-0.2, 0) is 6.42 Å². The van der Waals surface area contributed by atoms with Crippen LogP contribution in [0.3, 0.4) is 0 Å². The molecule has 2 heterocycles. The Labute approximate surface area is 125 Å². The number of rotatable bonds is 4. The first-order valence-electron chi connectivity index (χ1n) is 8.22. The largest absolute Gasteiger partial charge is 0.305 e. The van der Waals surface area contributed by atoms with Gasteiger partial charge in [0, 0.05) is 30.1 Å². The Morgan fingerprint density at radius 3 is 3.05 bits per heavy atom. The van der Waals surface area contributed by atoms with E-state index in [2.05, 4.69) is 17.1 Å². The third kappa shape index (κ3) is 2.78. The van der Waals surface area contributed by atoms with Gasteiger partial charge in [0.2, 0.25) is 0 Å². The predicted molar refractivity (Wildman–Crippen MR) is 83.2 cm³/mol. The summed E-state index contributed by atoms with van der Waals surface area (Å²) in [7, 11) is 0. The zero-order chi connectivity index (χ0) is 13.5. The maximum atomic E-state index is 4.71. The minimum atomic E-state index is 0.579. The lowest BCUT2D eigenvalue weighted by Gasteiger charge is -2.26. The molecule has 1 aromatic heterocycles. The summed E-state index contributed by atoms with van der Waals surface area (Å²) in [5, 5.41) is 5.18. The summed E-state index contributed by atoms with van der Waals surface area (Å²) in [6.45, 7) is 6.07. The molecular formula is C16H25N3S. The second kappa shape index (κ2) is 5.39. The van der Waals surface area contributed by atoms with Gasteiger partial charge in [-0.3, -0.25) is 0 Å². The summed E-state index contributed by atoms with van der Waals surface area (Å²) < 4.78 is 0. The van der Waals surface area contributed by atoms with Crippen LogP contribution in [0.25, 0.3) is 0 Å². The van der Waals surface area contributed by atoms with Gasteiger partial charge in [-0.2, -0.15) is 0 Å². The van der Waals surface area contributed by atoms with Crippen molar-refractivity contribution in [3.63, 3.8) is 0 Å². The highest BCUT2D eigenvalue weighted by atomic mass is 32.1. The number of aryl methyl sites for hydroxylation is 2. The molecule has 2 atom stereocenters. The van der Waals surface area contributed by atoms with Crippen LogP contribution in [0.4, 0.5) is 0 Å². The molecule has 2 fully saturated rings. The lowest BCUT2D eigenvalue weighted by Crippen LogP contribution is -2.36. The van der Waals surface area contributed by atoms with E-state index < -0.39 is 0 Å². The van der Waals surface area contributed by atoms with Crippen LogP contribution in [0.2, 0.25) is 0 Å². The average Bonchev–Trinajstić information content (AvgIpc) is 2.97. The standard InChI is InChI=1S/C16H25N3S/c1-11-17-14-3-2-4-15(16(14)20-11)18-13-7-8-19(10-13)9-12-5-6-12/h12-13,15,18H,2-10H2,1H3. The summed E-state index contributed by atoms with van der Waals surface area (Å²) in [5.74, 6) is 1.03. The van der Waals surface area contributed by atoms with Gasteiger partial charge in [-0.1, -0.05) is 0 Å². The summed E-state index contributed by atoms with van der Waals surface area (Å²) >= 11 is 1.92. The number of thiazole rings is 1. The fraction of sp³-hybridized carbons (Fsp3) is 0.812. The molecule has 0 amide bonds. The van der Waals surface area contributed by atoms with E-state index in [4.69, 9.17) is 4.98 Å². The van der Waals surface area contributed by atoms with Crippen molar-refractivity contribution in [1.82, 2.24) is 15.2 Å². The highest BCUT2D eigenvalue weighted by Gasteiger charge is 2.31. The predicted octanol–water partition coefficient (Wildman–Crippen LogP) is 2.90. The van der Waals surface area contributed by atoms with Crippen LogP contribution in [-0.4, -0.2) is 35.6 Å². The molecule has 1 aliphatic heterocycles. The Morgan fingerprint density at radius 2 is 2.20 bits per heavy atom. The fourth-order valence-electron chi connectivity index (χ4n) is 3.79. The third-order valence-electron chi connectivity index (χ3n) is 4.98. The highest BCUT2D eigenvalue weighted by Crippen LogP contribution is 2.35. The zero-order valence-corrected chi connectivity index (χ0v) is 13.2. The molecule has 0 radical (unpaired) electrons. The van der Waals surface area contributed by atoms with Gasteiger partial charge in [0.25, 0.3) is 0 Å². The average molecular weight is 291 g/mol. The van der Waals surface area contributed by atoms with Crippen molar-refractivity contribution < 1.29 is 0 Å². The minimum Gasteiger partial charge on any atom is -0.305 e. The van der Waals surface area contributed by atoms with E-state index >= 15 is 0 Å². The van der Waals surface area contributed by atoms with Crippen molar-refractivity contribution in [2.45, 2.75) is 57.5 Å². The Morgan fingerprint density at radius 1 is 1.30 bits per heavy atom. The van der Waals surface area contributed by atoms with E-state index in [0.29, 0.717) is 12.1 Å². The lowest BCUT2D eigenvalue weighted by atomic mass is 9.97. The first kappa shape index (κ1) is 13.2. The van der Waals surface area contributed by atoms with E-state index in [1.54, 1.807) is 0 Å². The van der Waals surface area contributed by atoms with Crippen LogP contribution >= 0.6 is 11.3 Å². The topological polar surface area (TPSA) is 28.2 Å². The second-order valence-corrected chi connectivity index (χ2v) is 8.08. The van der Waals surface area contributed by atoms with E-state index in [-0.39, 0.29) is 0 Å². The fourth-order valence-corrected chi connectivity index (χ4v) is 4.85. The van der Waals surface area contributed by atoms with E-state index in [1.807, 2.05) is 11.3 Å². The smallest absolute Gasteiger partial charge is 0.0900 e. The summed E-state index contributed by atoms with van der Waals surface area (Å²) in [6, 6.07) is 1.28. The van der Waals surface area contributed by atoms with Gasteiger partial charge in [-0.25, -0.2) is 4.98 Å². The normalized spacial score (nSPS) is 30.6. The monoisotopic (exact) mass is 291 g/mol. The Kier molecular flexibility index (Phi) is 3.57. The first-order chi connectivity index (χ1) is 9.78. The molecule has 20 heavy (non-hydrogen) atoms. The van der Waals surface area contributed by atoms with Crippen LogP contribution in [0.15, 0.2) is 0 Å². The van der Waals surface area contributed by atoms with Gasteiger partial charge in [0.1, 0.15) is 0 Å². The number of hydrogen-bond acceptors (Lipinski definition) is 4. The second-order valence-electron chi connectivity index (χ2n) is 6.84. The van der Waals surface area contributed by atoms with Crippen molar-refractivity contribution in [3.05, 3.63) is 15.6 Å². The van der Waals surface area contributed by atoms with Gasteiger partial charge in [-0.05, 0) is 57.9 Å². The Balaban J connectivity index is 1.37. The molecule has 1 saturated carbocycles. The van der Waals surface area contributed by atoms with Crippen molar-refractivity contribution in [1.29, 1.82) is 0 Å². The van der Waals surface area contributed by atoms with Gasteiger partial charge < -0.3 is 10.2 Å². The maximum absolute atomic E-state index is 4.71. The molecule has 0 bridgehead atoms.